The Balaban J connectivity index is 0.00000240. The lowest BCUT2D eigenvalue weighted by atomic mass is 9.80. The van der Waals surface area contributed by atoms with E-state index in [2.05, 4.69) is 71.4 Å². The van der Waals surface area contributed by atoms with Gasteiger partial charge in [0.25, 0.3) is 0 Å². The van der Waals surface area contributed by atoms with Crippen molar-refractivity contribution in [3.63, 3.8) is 0 Å². The Kier molecular flexibility index (Phi) is 7.20. The summed E-state index contributed by atoms with van der Waals surface area (Å²) in [7, 11) is 0. The molecule has 2 atom stereocenters. The van der Waals surface area contributed by atoms with Crippen LogP contribution in [-0.4, -0.2) is 50.1 Å². The van der Waals surface area contributed by atoms with E-state index in [1.807, 2.05) is 6.07 Å². The van der Waals surface area contributed by atoms with Gasteiger partial charge in [-0.15, -0.1) is 12.4 Å². The lowest BCUT2D eigenvalue weighted by molar-refractivity contribution is -0.137. The predicted octanol–water partition coefficient (Wildman–Crippen LogP) is 3.77. The first kappa shape index (κ1) is 21.7. The number of piperazine rings is 1. The van der Waals surface area contributed by atoms with Crippen LogP contribution >= 0.6 is 12.4 Å². The third kappa shape index (κ3) is 4.76. The topological polar surface area (TPSA) is 35.6 Å². The van der Waals surface area contributed by atoms with E-state index in [-0.39, 0.29) is 18.3 Å². The summed E-state index contributed by atoms with van der Waals surface area (Å²) in [5, 5.41) is 3.44. The van der Waals surface area contributed by atoms with Crippen molar-refractivity contribution in [1.29, 1.82) is 0 Å². The van der Waals surface area contributed by atoms with E-state index >= 15 is 0 Å². The van der Waals surface area contributed by atoms with Gasteiger partial charge in [0.2, 0.25) is 5.91 Å². The summed E-state index contributed by atoms with van der Waals surface area (Å²) in [5.41, 5.74) is 5.22. The Morgan fingerprint density at radius 2 is 1.72 bits per heavy atom. The van der Waals surface area contributed by atoms with Crippen molar-refractivity contribution >= 4 is 24.0 Å². The molecule has 2 aliphatic rings. The molecule has 2 aromatic rings. The highest BCUT2D eigenvalue weighted by atomic mass is 35.5. The van der Waals surface area contributed by atoms with Crippen LogP contribution in [0.2, 0.25) is 0 Å². The van der Waals surface area contributed by atoms with Gasteiger partial charge >= 0.3 is 0 Å². The average molecular weight is 414 g/mol. The van der Waals surface area contributed by atoms with Gasteiger partial charge in [-0.25, -0.2) is 0 Å². The Bertz CT molecular complexity index is 818. The van der Waals surface area contributed by atoms with Gasteiger partial charge in [0.1, 0.15) is 0 Å². The van der Waals surface area contributed by atoms with Crippen LogP contribution in [0.4, 0.5) is 5.69 Å². The highest BCUT2D eigenvalue weighted by Gasteiger charge is 2.35. The maximum atomic E-state index is 13.4. The summed E-state index contributed by atoms with van der Waals surface area (Å²) in [6.45, 7) is 9.53. The van der Waals surface area contributed by atoms with Crippen LogP contribution in [0.25, 0.3) is 0 Å². The molecule has 0 radical (unpaired) electrons. The molecule has 2 aromatic carbocycles. The summed E-state index contributed by atoms with van der Waals surface area (Å²) in [6.07, 6.45) is 1.03. The first-order chi connectivity index (χ1) is 13.6. The van der Waals surface area contributed by atoms with Gasteiger partial charge in [0, 0.05) is 38.4 Å². The van der Waals surface area contributed by atoms with Crippen LogP contribution in [0.1, 0.15) is 29.0 Å². The van der Waals surface area contributed by atoms with Gasteiger partial charge in [-0.3, -0.25) is 4.79 Å². The number of aryl methyl sites for hydroxylation is 2. The second-order valence-electron chi connectivity index (χ2n) is 8.22. The molecule has 29 heavy (non-hydrogen) atoms. The van der Waals surface area contributed by atoms with Crippen molar-refractivity contribution in [3.8, 4) is 0 Å². The van der Waals surface area contributed by atoms with Crippen molar-refractivity contribution < 1.29 is 4.79 Å². The van der Waals surface area contributed by atoms with E-state index in [9.17, 15) is 4.79 Å². The molecule has 1 N–H and O–H groups in total. The molecule has 5 heteroatoms. The third-order valence-corrected chi connectivity index (χ3v) is 6.32. The highest BCUT2D eigenvalue weighted by molar-refractivity contribution is 5.85. The molecule has 2 saturated heterocycles. The first-order valence-electron chi connectivity index (χ1n) is 10.5. The third-order valence-electron chi connectivity index (χ3n) is 6.32. The molecule has 1 amide bonds. The minimum Gasteiger partial charge on any atom is -0.368 e. The Labute approximate surface area is 180 Å². The quantitative estimate of drug-likeness (QED) is 0.831. The Morgan fingerprint density at radius 1 is 1.00 bits per heavy atom. The number of nitrogens with zero attached hydrogens (tertiary/aromatic N) is 2. The van der Waals surface area contributed by atoms with E-state index in [1.165, 1.54) is 22.4 Å². The fraction of sp³-hybridized carbons (Fsp3) is 0.458. The van der Waals surface area contributed by atoms with Crippen molar-refractivity contribution in [3.05, 3.63) is 65.2 Å². The minimum atomic E-state index is 0. The zero-order chi connectivity index (χ0) is 19.5. The number of anilines is 1. The van der Waals surface area contributed by atoms with Gasteiger partial charge < -0.3 is 15.1 Å². The zero-order valence-electron chi connectivity index (χ0n) is 17.4. The number of piperidine rings is 1. The molecule has 0 bridgehead atoms. The van der Waals surface area contributed by atoms with Crippen LogP contribution in [0.3, 0.4) is 0 Å². The first-order valence-corrected chi connectivity index (χ1v) is 10.5. The highest BCUT2D eigenvalue weighted by Crippen LogP contribution is 2.32. The predicted molar refractivity (Wildman–Crippen MR) is 122 cm³/mol. The van der Waals surface area contributed by atoms with E-state index in [1.54, 1.807) is 0 Å². The summed E-state index contributed by atoms with van der Waals surface area (Å²) in [6, 6.07) is 17.2. The van der Waals surface area contributed by atoms with Gasteiger partial charge in [0.15, 0.2) is 0 Å². The minimum absolute atomic E-state index is 0. The van der Waals surface area contributed by atoms with Crippen molar-refractivity contribution in [1.82, 2.24) is 10.2 Å². The largest absolute Gasteiger partial charge is 0.368 e. The zero-order valence-corrected chi connectivity index (χ0v) is 18.3. The molecule has 4 nitrogen and oxygen atoms in total. The Morgan fingerprint density at radius 3 is 2.45 bits per heavy atom. The van der Waals surface area contributed by atoms with E-state index < -0.39 is 0 Å². The van der Waals surface area contributed by atoms with Gasteiger partial charge in [-0.2, -0.15) is 0 Å². The molecule has 4 rings (SSSR count). The van der Waals surface area contributed by atoms with Crippen LogP contribution in [0.15, 0.2) is 48.5 Å². The molecule has 0 saturated carbocycles. The summed E-state index contributed by atoms with van der Waals surface area (Å²) in [5.74, 6) is 0.692. The van der Waals surface area contributed by atoms with E-state index in [0.717, 1.165) is 45.7 Å². The second-order valence-corrected chi connectivity index (χ2v) is 8.22. The second kappa shape index (κ2) is 9.64. The van der Waals surface area contributed by atoms with E-state index in [4.69, 9.17) is 0 Å². The van der Waals surface area contributed by atoms with Crippen LogP contribution in [-0.2, 0) is 4.79 Å². The molecule has 0 aromatic heterocycles. The van der Waals surface area contributed by atoms with E-state index in [0.29, 0.717) is 11.8 Å². The lowest BCUT2D eigenvalue weighted by Gasteiger charge is -2.40. The molecule has 0 aliphatic carbocycles. The number of carbonyl (C=O) groups is 1. The molecule has 0 spiro atoms. The van der Waals surface area contributed by atoms with Crippen molar-refractivity contribution in [2.45, 2.75) is 26.2 Å². The average Bonchev–Trinajstić information content (AvgIpc) is 2.76. The maximum absolute atomic E-state index is 13.4. The maximum Gasteiger partial charge on any atom is 0.227 e. The summed E-state index contributed by atoms with van der Waals surface area (Å²) >= 11 is 0. The van der Waals surface area contributed by atoms with Crippen LogP contribution < -0.4 is 10.2 Å². The smallest absolute Gasteiger partial charge is 0.227 e. The lowest BCUT2D eigenvalue weighted by Crippen LogP contribution is -2.53. The number of rotatable bonds is 3. The summed E-state index contributed by atoms with van der Waals surface area (Å²) in [4.78, 5) is 17.9. The fourth-order valence-corrected chi connectivity index (χ4v) is 4.68. The number of carbonyl (C=O) groups excluding carboxylic acids is 1. The SMILES string of the molecule is Cc1ccc(C)c(N2CCN(C(=O)C3CNCCC3c3ccccc3)CC2)c1.Cl. The number of halogens is 1. The number of amides is 1. The molecular formula is C24H32ClN3O. The normalized spacial score (nSPS) is 22.1. The molecule has 2 aliphatic heterocycles. The molecular weight excluding hydrogens is 382 g/mol. The molecule has 2 unspecified atom stereocenters. The number of hydrogen-bond donors (Lipinski definition) is 1. The number of nitrogens with one attached hydrogen (secondary N) is 1. The summed E-state index contributed by atoms with van der Waals surface area (Å²) < 4.78 is 0. The Hall–Kier alpha value is -2.04. The monoisotopic (exact) mass is 413 g/mol. The molecule has 156 valence electrons. The number of benzene rings is 2. The molecule has 2 heterocycles. The van der Waals surface area contributed by atoms with Crippen molar-refractivity contribution in [2.75, 3.05) is 44.2 Å². The standard InChI is InChI=1S/C24H31N3O.ClH/c1-18-8-9-19(2)23(16-18)26-12-14-27(15-13-26)24(28)22-17-25-11-10-21(22)20-6-4-3-5-7-20;/h3-9,16,21-22,25H,10-15,17H2,1-2H3;1H. The number of hydrogen-bond acceptors (Lipinski definition) is 3. The van der Waals surface area contributed by atoms with Gasteiger partial charge in [-0.05, 0) is 55.5 Å². The van der Waals surface area contributed by atoms with Crippen molar-refractivity contribution in [2.24, 2.45) is 5.92 Å². The van der Waals surface area contributed by atoms with Crippen LogP contribution in [0.5, 0.6) is 0 Å². The van der Waals surface area contributed by atoms with Gasteiger partial charge in [0.05, 0.1) is 5.92 Å². The van der Waals surface area contributed by atoms with Crippen LogP contribution in [0, 0.1) is 19.8 Å². The molecule has 2 fully saturated rings. The fourth-order valence-electron chi connectivity index (χ4n) is 4.68. The van der Waals surface area contributed by atoms with Gasteiger partial charge in [-0.1, -0.05) is 42.5 Å².